The molecule has 3 aromatic rings. The van der Waals surface area contributed by atoms with Gasteiger partial charge in [-0.1, -0.05) is 37.6 Å². The van der Waals surface area contributed by atoms with Gasteiger partial charge in [-0.3, -0.25) is 10.1 Å². The Labute approximate surface area is 196 Å². The fraction of sp³-hybridized carbons (Fsp3) is 0.240. The highest BCUT2D eigenvalue weighted by Crippen LogP contribution is 2.29. The molecule has 0 radical (unpaired) electrons. The third kappa shape index (κ3) is 6.64. The molecule has 1 amide bonds. The zero-order valence-corrected chi connectivity index (χ0v) is 19.2. The lowest BCUT2D eigenvalue weighted by Crippen LogP contribution is -2.13. The van der Waals surface area contributed by atoms with Gasteiger partial charge in [-0.05, 0) is 41.8 Å². The molecule has 1 N–H and O–H groups in total. The minimum Gasteiger partial charge on any atom is -0.493 e. The van der Waals surface area contributed by atoms with Crippen LogP contribution in [0.4, 0.5) is 9.52 Å². The summed E-state index contributed by atoms with van der Waals surface area (Å²) in [6.45, 7) is 2.67. The molecule has 0 unspecified atom stereocenters. The quantitative estimate of drug-likeness (QED) is 0.239. The van der Waals surface area contributed by atoms with Crippen molar-refractivity contribution >= 4 is 28.5 Å². The molecule has 0 saturated heterocycles. The number of carbonyl (C=O) groups excluding carboxylic acids is 1. The van der Waals surface area contributed by atoms with E-state index >= 15 is 0 Å². The number of amides is 1. The van der Waals surface area contributed by atoms with Crippen LogP contribution in [0.2, 0.25) is 0 Å². The molecule has 1 aromatic heterocycles. The van der Waals surface area contributed by atoms with Crippen LogP contribution in [0.1, 0.15) is 35.8 Å². The van der Waals surface area contributed by atoms with Crippen molar-refractivity contribution in [3.8, 4) is 17.6 Å². The van der Waals surface area contributed by atoms with E-state index < -0.39 is 5.91 Å². The monoisotopic (exact) mass is 465 g/mol. The molecule has 0 spiro atoms. The van der Waals surface area contributed by atoms with Crippen molar-refractivity contribution in [1.82, 2.24) is 4.98 Å². The molecule has 0 bridgehead atoms. The van der Waals surface area contributed by atoms with Crippen LogP contribution in [0.5, 0.6) is 11.5 Å². The number of nitriles is 1. The zero-order chi connectivity index (χ0) is 23.6. The van der Waals surface area contributed by atoms with Crippen LogP contribution in [0.25, 0.3) is 6.08 Å². The maximum atomic E-state index is 13.9. The topological polar surface area (TPSA) is 84.2 Å². The van der Waals surface area contributed by atoms with Crippen LogP contribution in [-0.2, 0) is 11.2 Å². The van der Waals surface area contributed by atoms with Gasteiger partial charge in [0.25, 0.3) is 5.91 Å². The number of rotatable bonds is 10. The minimum absolute atomic E-state index is 0.0810. The van der Waals surface area contributed by atoms with Crippen molar-refractivity contribution in [2.45, 2.75) is 26.2 Å². The number of aromatic nitrogens is 1. The predicted octanol–water partition coefficient (Wildman–Crippen LogP) is 5.61. The average molecular weight is 466 g/mol. The van der Waals surface area contributed by atoms with Crippen LogP contribution in [0, 0.1) is 17.1 Å². The number of benzene rings is 2. The van der Waals surface area contributed by atoms with Crippen LogP contribution in [-0.4, -0.2) is 24.6 Å². The van der Waals surface area contributed by atoms with Gasteiger partial charge >= 0.3 is 0 Å². The highest BCUT2D eigenvalue weighted by atomic mass is 32.1. The molecule has 0 atom stereocenters. The van der Waals surface area contributed by atoms with Crippen LogP contribution >= 0.6 is 11.3 Å². The summed E-state index contributed by atoms with van der Waals surface area (Å²) in [4.78, 5) is 17.6. The van der Waals surface area contributed by atoms with E-state index in [9.17, 15) is 14.4 Å². The van der Waals surface area contributed by atoms with Crippen LogP contribution < -0.4 is 14.8 Å². The normalized spacial score (nSPS) is 11.0. The number of nitrogens with one attached hydrogen (secondary N) is 1. The van der Waals surface area contributed by atoms with E-state index in [1.807, 2.05) is 6.07 Å². The first-order chi connectivity index (χ1) is 16.0. The molecule has 2 aromatic carbocycles. The van der Waals surface area contributed by atoms with Gasteiger partial charge in [0, 0.05) is 17.5 Å². The molecule has 0 fully saturated rings. The lowest BCUT2D eigenvalue weighted by molar-refractivity contribution is -0.112. The Balaban J connectivity index is 1.69. The SMILES string of the molecule is CCCCOc1ccc(C=C(C#N)C(=O)Nc2ncc(Cc3ccccc3F)s2)cc1OC. The van der Waals surface area contributed by atoms with E-state index in [0.29, 0.717) is 40.8 Å². The van der Waals surface area contributed by atoms with Crippen LogP contribution in [0.15, 0.2) is 54.2 Å². The number of nitrogens with zero attached hydrogens (tertiary/aromatic N) is 2. The first-order valence-electron chi connectivity index (χ1n) is 10.5. The third-order valence-electron chi connectivity index (χ3n) is 4.72. The summed E-state index contributed by atoms with van der Waals surface area (Å²) >= 11 is 1.23. The molecule has 0 saturated carbocycles. The average Bonchev–Trinajstić information content (AvgIpc) is 3.26. The number of thiazole rings is 1. The van der Waals surface area contributed by atoms with Gasteiger partial charge in [0.15, 0.2) is 16.6 Å². The van der Waals surface area contributed by atoms with Crippen molar-refractivity contribution in [3.05, 3.63) is 76.1 Å². The second-order valence-electron chi connectivity index (χ2n) is 7.14. The van der Waals surface area contributed by atoms with Gasteiger partial charge in [0.2, 0.25) is 0 Å². The van der Waals surface area contributed by atoms with Crippen molar-refractivity contribution in [2.24, 2.45) is 0 Å². The van der Waals surface area contributed by atoms with Gasteiger partial charge in [0.1, 0.15) is 17.5 Å². The molecule has 0 aliphatic carbocycles. The summed E-state index contributed by atoms with van der Waals surface area (Å²) in [6.07, 6.45) is 5.38. The van der Waals surface area contributed by atoms with Crippen molar-refractivity contribution in [2.75, 3.05) is 19.0 Å². The summed E-state index contributed by atoms with van der Waals surface area (Å²) in [5.41, 5.74) is 1.09. The van der Waals surface area contributed by atoms with E-state index in [1.54, 1.807) is 42.6 Å². The fourth-order valence-corrected chi connectivity index (χ4v) is 3.81. The van der Waals surface area contributed by atoms with Crippen molar-refractivity contribution in [1.29, 1.82) is 5.26 Å². The molecule has 1 heterocycles. The summed E-state index contributed by atoms with van der Waals surface area (Å²) in [7, 11) is 1.54. The lowest BCUT2D eigenvalue weighted by Gasteiger charge is -2.11. The van der Waals surface area contributed by atoms with Gasteiger partial charge in [-0.2, -0.15) is 5.26 Å². The zero-order valence-electron chi connectivity index (χ0n) is 18.4. The Bertz CT molecular complexity index is 1180. The second kappa shape index (κ2) is 11.8. The third-order valence-corrected chi connectivity index (χ3v) is 5.63. The summed E-state index contributed by atoms with van der Waals surface area (Å²) in [6, 6.07) is 13.7. The Morgan fingerprint density at radius 1 is 1.27 bits per heavy atom. The molecule has 170 valence electrons. The first kappa shape index (κ1) is 24.0. The summed E-state index contributed by atoms with van der Waals surface area (Å²) < 4.78 is 24.9. The number of ether oxygens (including phenoxy) is 2. The Kier molecular flexibility index (Phi) is 8.56. The standard InChI is InChI=1S/C25H24FN3O3S/c1-3-4-11-32-22-10-9-17(13-23(22)31-2)12-19(15-27)24(30)29-25-28-16-20(33-25)14-18-7-5-6-8-21(18)26/h5-10,12-13,16H,3-4,11,14H2,1-2H3,(H,28,29,30). The first-order valence-corrected chi connectivity index (χ1v) is 11.3. The molecule has 6 nitrogen and oxygen atoms in total. The van der Waals surface area contributed by atoms with Crippen LogP contribution in [0.3, 0.4) is 0 Å². The van der Waals surface area contributed by atoms with E-state index in [2.05, 4.69) is 17.2 Å². The summed E-state index contributed by atoms with van der Waals surface area (Å²) in [5, 5.41) is 12.5. The van der Waals surface area contributed by atoms with E-state index in [-0.39, 0.29) is 11.4 Å². The number of methoxy groups -OCH3 is 1. The highest BCUT2D eigenvalue weighted by Gasteiger charge is 2.14. The number of hydrogen-bond acceptors (Lipinski definition) is 6. The Hall–Kier alpha value is -3.70. The maximum absolute atomic E-state index is 13.9. The number of hydrogen-bond donors (Lipinski definition) is 1. The minimum atomic E-state index is -0.577. The maximum Gasteiger partial charge on any atom is 0.268 e. The Morgan fingerprint density at radius 2 is 2.09 bits per heavy atom. The molecule has 3 rings (SSSR count). The van der Waals surface area contributed by atoms with Crippen molar-refractivity contribution in [3.63, 3.8) is 0 Å². The molecule has 33 heavy (non-hydrogen) atoms. The summed E-state index contributed by atoms with van der Waals surface area (Å²) in [5.74, 6) is 0.265. The van der Waals surface area contributed by atoms with E-state index in [0.717, 1.165) is 17.7 Å². The lowest BCUT2D eigenvalue weighted by atomic mass is 10.1. The van der Waals surface area contributed by atoms with Gasteiger partial charge in [-0.15, -0.1) is 11.3 Å². The van der Waals surface area contributed by atoms with E-state index in [4.69, 9.17) is 9.47 Å². The van der Waals surface area contributed by atoms with Gasteiger partial charge in [-0.25, -0.2) is 9.37 Å². The van der Waals surface area contributed by atoms with Crippen molar-refractivity contribution < 1.29 is 18.7 Å². The fourth-order valence-electron chi connectivity index (χ4n) is 2.98. The molecular weight excluding hydrogens is 441 g/mol. The van der Waals surface area contributed by atoms with E-state index in [1.165, 1.54) is 30.6 Å². The molecular formula is C25H24FN3O3S. The Morgan fingerprint density at radius 3 is 2.82 bits per heavy atom. The number of halogens is 1. The highest BCUT2D eigenvalue weighted by molar-refractivity contribution is 7.15. The second-order valence-corrected chi connectivity index (χ2v) is 8.25. The number of carbonyl (C=O) groups is 1. The van der Waals surface area contributed by atoms with Gasteiger partial charge < -0.3 is 9.47 Å². The number of unbranched alkanes of at least 4 members (excludes halogenated alkanes) is 1. The molecule has 8 heteroatoms. The number of anilines is 1. The molecule has 0 aliphatic heterocycles. The largest absolute Gasteiger partial charge is 0.493 e. The predicted molar refractivity (Wildman–Crippen MR) is 127 cm³/mol. The smallest absolute Gasteiger partial charge is 0.268 e. The molecule has 0 aliphatic rings. The van der Waals surface area contributed by atoms with Gasteiger partial charge in [0.05, 0.1) is 13.7 Å².